The second kappa shape index (κ2) is 4.55. The van der Waals surface area contributed by atoms with Crippen LogP contribution in [0.1, 0.15) is 19.7 Å². The third-order valence-electron chi connectivity index (χ3n) is 1.89. The molecule has 1 N–H and O–H groups in total. The highest BCUT2D eigenvalue weighted by Crippen LogP contribution is 2.23. The van der Waals surface area contributed by atoms with Crippen LogP contribution in [0, 0.1) is 0 Å². The highest BCUT2D eigenvalue weighted by molar-refractivity contribution is 7.13. The van der Waals surface area contributed by atoms with Crippen molar-refractivity contribution in [2.75, 3.05) is 0 Å². The molecule has 0 unspecified atom stereocenters. The molecule has 0 spiro atoms. The Bertz CT molecular complexity index is 408. The smallest absolute Gasteiger partial charge is 0.208 e. The number of rotatable bonds is 4. The second-order valence-electron chi connectivity index (χ2n) is 3.52. The molecule has 0 aromatic carbocycles. The van der Waals surface area contributed by atoms with Crippen molar-refractivity contribution >= 4 is 11.3 Å². The van der Waals surface area contributed by atoms with Crippen LogP contribution < -0.4 is 5.32 Å². The molecule has 4 nitrogen and oxygen atoms in total. The van der Waals surface area contributed by atoms with E-state index in [-0.39, 0.29) is 0 Å². The predicted octanol–water partition coefficient (Wildman–Crippen LogP) is 2.30. The Balaban J connectivity index is 2.04. The van der Waals surface area contributed by atoms with E-state index in [1.165, 1.54) is 0 Å². The summed E-state index contributed by atoms with van der Waals surface area (Å²) >= 11 is 1.55. The van der Waals surface area contributed by atoms with E-state index in [1.54, 1.807) is 29.2 Å². The average molecular weight is 223 g/mol. The summed E-state index contributed by atoms with van der Waals surface area (Å²) in [6.45, 7) is 4.84. The fraction of sp³-hybridized carbons (Fsp3) is 0.400. The first kappa shape index (κ1) is 10.3. The molecule has 15 heavy (non-hydrogen) atoms. The van der Waals surface area contributed by atoms with Crippen molar-refractivity contribution in [2.45, 2.75) is 26.4 Å². The van der Waals surface area contributed by atoms with Crippen LogP contribution in [-0.4, -0.2) is 16.0 Å². The highest BCUT2D eigenvalue weighted by atomic mass is 32.1. The van der Waals surface area contributed by atoms with E-state index in [0.717, 1.165) is 10.6 Å². The van der Waals surface area contributed by atoms with E-state index in [2.05, 4.69) is 29.1 Å². The van der Waals surface area contributed by atoms with Crippen molar-refractivity contribution in [3.8, 4) is 10.6 Å². The third kappa shape index (κ3) is 2.64. The molecule has 2 aromatic rings. The molecule has 0 fully saturated rings. The molecule has 5 heteroatoms. The third-order valence-corrected chi connectivity index (χ3v) is 2.68. The first-order valence-electron chi connectivity index (χ1n) is 4.82. The van der Waals surface area contributed by atoms with Gasteiger partial charge in [-0.1, -0.05) is 13.8 Å². The Labute approximate surface area is 92.4 Å². The molecule has 0 atom stereocenters. The summed E-state index contributed by atoms with van der Waals surface area (Å²) in [6, 6.07) is 0.434. The van der Waals surface area contributed by atoms with Gasteiger partial charge in [-0.2, -0.15) is 0 Å². The molecule has 2 rings (SSSR count). The first-order chi connectivity index (χ1) is 7.25. The van der Waals surface area contributed by atoms with Gasteiger partial charge in [0.15, 0.2) is 5.76 Å². The summed E-state index contributed by atoms with van der Waals surface area (Å²) < 4.78 is 5.58. The Kier molecular flexibility index (Phi) is 3.13. The minimum atomic E-state index is 0.434. The number of nitrogens with zero attached hydrogens (tertiary/aromatic N) is 2. The monoisotopic (exact) mass is 223 g/mol. The Morgan fingerprint density at radius 1 is 1.47 bits per heavy atom. The van der Waals surface area contributed by atoms with Gasteiger partial charge in [-0.25, -0.2) is 4.98 Å². The summed E-state index contributed by atoms with van der Waals surface area (Å²) in [5.74, 6) is 1.50. The molecule has 80 valence electrons. The SMILES string of the molecule is CC(C)NCc1ncc(-c2cncs2)o1. The largest absolute Gasteiger partial charge is 0.438 e. The van der Waals surface area contributed by atoms with Gasteiger partial charge in [0.25, 0.3) is 0 Å². The van der Waals surface area contributed by atoms with E-state index < -0.39 is 0 Å². The standard InChI is InChI=1S/C10H13N3OS/c1-7(2)12-5-10-13-3-8(14-10)9-4-11-6-15-9/h3-4,6-7,12H,5H2,1-2H3. The lowest BCUT2D eigenvalue weighted by molar-refractivity contribution is 0.459. The lowest BCUT2D eigenvalue weighted by atomic mass is 10.4. The van der Waals surface area contributed by atoms with Crippen molar-refractivity contribution in [2.24, 2.45) is 0 Å². The zero-order valence-corrected chi connectivity index (χ0v) is 9.54. The fourth-order valence-electron chi connectivity index (χ4n) is 1.13. The Morgan fingerprint density at radius 2 is 2.33 bits per heavy atom. The second-order valence-corrected chi connectivity index (χ2v) is 4.41. The van der Waals surface area contributed by atoms with Gasteiger partial charge in [-0.05, 0) is 0 Å². The van der Waals surface area contributed by atoms with Crippen molar-refractivity contribution in [1.82, 2.24) is 15.3 Å². The van der Waals surface area contributed by atoms with Gasteiger partial charge < -0.3 is 9.73 Å². The average Bonchev–Trinajstić information content (AvgIpc) is 2.85. The molecular formula is C10H13N3OS. The maximum atomic E-state index is 5.58. The van der Waals surface area contributed by atoms with Gasteiger partial charge in [0.1, 0.15) is 0 Å². The van der Waals surface area contributed by atoms with E-state index >= 15 is 0 Å². The van der Waals surface area contributed by atoms with E-state index in [4.69, 9.17) is 4.42 Å². The lowest BCUT2D eigenvalue weighted by Gasteiger charge is -2.03. The van der Waals surface area contributed by atoms with Crippen LogP contribution in [0.3, 0.4) is 0 Å². The molecule has 0 saturated heterocycles. The summed E-state index contributed by atoms with van der Waals surface area (Å²) in [5, 5.41) is 3.25. The number of oxazole rings is 1. The van der Waals surface area contributed by atoms with Gasteiger partial charge in [-0.3, -0.25) is 4.98 Å². The maximum absolute atomic E-state index is 5.58. The molecule has 0 radical (unpaired) electrons. The van der Waals surface area contributed by atoms with Crippen LogP contribution in [0.25, 0.3) is 10.6 Å². The molecule has 0 aliphatic carbocycles. The van der Waals surface area contributed by atoms with Crippen LogP contribution in [-0.2, 0) is 6.54 Å². The van der Waals surface area contributed by atoms with Crippen LogP contribution in [0.2, 0.25) is 0 Å². The quantitative estimate of drug-likeness (QED) is 0.864. The van der Waals surface area contributed by atoms with Gasteiger partial charge in [0, 0.05) is 12.2 Å². The van der Waals surface area contributed by atoms with E-state index in [1.807, 2.05) is 0 Å². The minimum absolute atomic E-state index is 0.434. The van der Waals surface area contributed by atoms with Crippen LogP contribution in [0.15, 0.2) is 22.3 Å². The lowest BCUT2D eigenvalue weighted by Crippen LogP contribution is -2.21. The molecule has 2 aromatic heterocycles. The van der Waals surface area contributed by atoms with Gasteiger partial charge in [0.05, 0.1) is 23.1 Å². The highest BCUT2D eigenvalue weighted by Gasteiger charge is 2.07. The summed E-state index contributed by atoms with van der Waals surface area (Å²) in [5.41, 5.74) is 1.78. The minimum Gasteiger partial charge on any atom is -0.438 e. The summed E-state index contributed by atoms with van der Waals surface area (Å²) in [7, 11) is 0. The maximum Gasteiger partial charge on any atom is 0.208 e. The van der Waals surface area contributed by atoms with Crippen molar-refractivity contribution in [1.29, 1.82) is 0 Å². The van der Waals surface area contributed by atoms with Crippen LogP contribution in [0.4, 0.5) is 0 Å². The first-order valence-corrected chi connectivity index (χ1v) is 5.70. The van der Waals surface area contributed by atoms with Crippen LogP contribution >= 0.6 is 11.3 Å². The molecule has 2 heterocycles. The molecule has 0 saturated carbocycles. The van der Waals surface area contributed by atoms with Gasteiger partial charge in [-0.15, -0.1) is 11.3 Å². The summed E-state index contributed by atoms with van der Waals surface area (Å²) in [6.07, 6.45) is 3.52. The van der Waals surface area contributed by atoms with Crippen LogP contribution in [0.5, 0.6) is 0 Å². The molecular weight excluding hydrogens is 210 g/mol. The molecule has 0 amide bonds. The number of nitrogens with one attached hydrogen (secondary N) is 1. The number of hydrogen-bond acceptors (Lipinski definition) is 5. The van der Waals surface area contributed by atoms with E-state index in [9.17, 15) is 0 Å². The van der Waals surface area contributed by atoms with Crippen molar-refractivity contribution < 1.29 is 4.42 Å². The van der Waals surface area contributed by atoms with Gasteiger partial charge in [0.2, 0.25) is 5.89 Å². The Hall–Kier alpha value is -1.20. The van der Waals surface area contributed by atoms with E-state index in [0.29, 0.717) is 18.5 Å². The molecule has 0 aliphatic heterocycles. The molecule has 0 bridgehead atoms. The zero-order chi connectivity index (χ0) is 10.7. The zero-order valence-electron chi connectivity index (χ0n) is 8.73. The normalized spacial score (nSPS) is 11.1. The number of hydrogen-bond donors (Lipinski definition) is 1. The summed E-state index contributed by atoms with van der Waals surface area (Å²) in [4.78, 5) is 9.20. The molecule has 0 aliphatic rings. The van der Waals surface area contributed by atoms with Crippen molar-refractivity contribution in [3.63, 3.8) is 0 Å². The van der Waals surface area contributed by atoms with Gasteiger partial charge >= 0.3 is 0 Å². The predicted molar refractivity (Wildman–Crippen MR) is 59.6 cm³/mol. The number of aromatic nitrogens is 2. The van der Waals surface area contributed by atoms with Crippen molar-refractivity contribution in [3.05, 3.63) is 23.8 Å². The number of thiazole rings is 1. The Morgan fingerprint density at radius 3 is 3.00 bits per heavy atom. The fourth-order valence-corrected chi connectivity index (χ4v) is 1.70. The topological polar surface area (TPSA) is 51.0 Å².